The molecule has 1 atom stereocenters. The van der Waals surface area contributed by atoms with Crippen LogP contribution in [-0.2, 0) is 9.53 Å². The quantitative estimate of drug-likeness (QED) is 0.249. The average Bonchev–Trinajstić information content (AvgIpc) is 3.24. The molecule has 0 radical (unpaired) electrons. The Morgan fingerprint density at radius 2 is 1.96 bits per heavy atom. The van der Waals surface area contributed by atoms with Crippen LogP contribution in [0.5, 0.6) is 0 Å². The van der Waals surface area contributed by atoms with Crippen LogP contribution in [0.2, 0.25) is 0 Å². The van der Waals surface area contributed by atoms with Crippen molar-refractivity contribution in [1.29, 1.82) is 0 Å². The number of carbonyl (C=O) groups is 1. The van der Waals surface area contributed by atoms with Crippen LogP contribution in [-0.4, -0.2) is 63.2 Å². The molecule has 1 saturated carbocycles. The van der Waals surface area contributed by atoms with Gasteiger partial charge in [0.25, 0.3) is 0 Å². The molecule has 25 heavy (non-hydrogen) atoms. The second-order valence-corrected chi connectivity index (χ2v) is 7.05. The van der Waals surface area contributed by atoms with Crippen LogP contribution in [0.4, 0.5) is 0 Å². The SMILES string of the molecule is CCNC(=NCCNC(=O)CC1CCCC1)N(C)CC1CCOC1.I. The van der Waals surface area contributed by atoms with Gasteiger partial charge in [0.2, 0.25) is 5.91 Å². The number of guanidine groups is 1. The molecule has 1 aliphatic carbocycles. The summed E-state index contributed by atoms with van der Waals surface area (Å²) < 4.78 is 5.44. The molecule has 7 heteroatoms. The molecule has 1 aliphatic heterocycles. The summed E-state index contributed by atoms with van der Waals surface area (Å²) in [6.45, 7) is 6.83. The van der Waals surface area contributed by atoms with E-state index in [-0.39, 0.29) is 29.9 Å². The van der Waals surface area contributed by atoms with Crippen molar-refractivity contribution in [2.24, 2.45) is 16.8 Å². The molecule has 2 rings (SSSR count). The summed E-state index contributed by atoms with van der Waals surface area (Å²) in [5.74, 6) is 2.28. The zero-order valence-corrected chi connectivity index (χ0v) is 18.1. The normalized spacial score (nSPS) is 21.0. The van der Waals surface area contributed by atoms with Crippen LogP contribution < -0.4 is 10.6 Å². The lowest BCUT2D eigenvalue weighted by Gasteiger charge is -2.24. The van der Waals surface area contributed by atoms with E-state index in [1.165, 1.54) is 25.7 Å². The van der Waals surface area contributed by atoms with E-state index in [1.54, 1.807) is 0 Å². The van der Waals surface area contributed by atoms with Crippen LogP contribution in [0, 0.1) is 11.8 Å². The predicted molar refractivity (Wildman–Crippen MR) is 113 cm³/mol. The van der Waals surface area contributed by atoms with Crippen molar-refractivity contribution in [3.63, 3.8) is 0 Å². The summed E-state index contributed by atoms with van der Waals surface area (Å²) in [4.78, 5) is 18.7. The predicted octanol–water partition coefficient (Wildman–Crippen LogP) is 2.23. The summed E-state index contributed by atoms with van der Waals surface area (Å²) in [6, 6.07) is 0. The van der Waals surface area contributed by atoms with Crippen molar-refractivity contribution in [2.75, 3.05) is 46.4 Å². The standard InChI is InChI=1S/C18H34N4O2.HI/c1-3-19-18(22(2)13-16-8-11-24-14-16)21-10-9-20-17(23)12-15-6-4-5-7-15;/h15-16H,3-14H2,1-2H3,(H,19,21)(H,20,23);1H. The first kappa shape index (κ1) is 22.5. The van der Waals surface area contributed by atoms with Crippen LogP contribution in [0.3, 0.4) is 0 Å². The topological polar surface area (TPSA) is 66.0 Å². The van der Waals surface area contributed by atoms with Crippen molar-refractivity contribution in [1.82, 2.24) is 15.5 Å². The van der Waals surface area contributed by atoms with E-state index in [0.717, 1.165) is 38.7 Å². The first-order valence-electron chi connectivity index (χ1n) is 9.53. The maximum atomic E-state index is 11.9. The molecule has 1 heterocycles. The van der Waals surface area contributed by atoms with Crippen LogP contribution >= 0.6 is 24.0 Å². The first-order valence-corrected chi connectivity index (χ1v) is 9.53. The highest BCUT2D eigenvalue weighted by Crippen LogP contribution is 2.27. The number of hydrogen-bond donors (Lipinski definition) is 2. The Bertz CT molecular complexity index is 408. The van der Waals surface area contributed by atoms with Crippen LogP contribution in [0.15, 0.2) is 4.99 Å². The number of amides is 1. The summed E-state index contributed by atoms with van der Waals surface area (Å²) in [5, 5.41) is 6.33. The van der Waals surface area contributed by atoms with Gasteiger partial charge in [0.05, 0.1) is 13.2 Å². The van der Waals surface area contributed by atoms with Crippen molar-refractivity contribution in [2.45, 2.75) is 45.4 Å². The van der Waals surface area contributed by atoms with E-state index >= 15 is 0 Å². The fraction of sp³-hybridized carbons (Fsp3) is 0.889. The third-order valence-corrected chi connectivity index (χ3v) is 4.90. The number of ether oxygens (including phenoxy) is 1. The Morgan fingerprint density at radius 3 is 2.60 bits per heavy atom. The van der Waals surface area contributed by atoms with E-state index in [9.17, 15) is 4.79 Å². The van der Waals surface area contributed by atoms with Crippen molar-refractivity contribution in [3.05, 3.63) is 0 Å². The molecule has 0 aromatic carbocycles. The average molecular weight is 466 g/mol. The lowest BCUT2D eigenvalue weighted by atomic mass is 10.0. The molecule has 1 unspecified atom stereocenters. The molecule has 146 valence electrons. The van der Waals surface area contributed by atoms with Gasteiger partial charge in [0.1, 0.15) is 0 Å². The Kier molecular flexibility index (Phi) is 11.4. The number of rotatable bonds is 8. The largest absolute Gasteiger partial charge is 0.381 e. The number of nitrogens with one attached hydrogen (secondary N) is 2. The molecule has 0 aromatic heterocycles. The minimum atomic E-state index is 0. The van der Waals surface area contributed by atoms with Gasteiger partial charge in [-0.05, 0) is 32.1 Å². The van der Waals surface area contributed by atoms with E-state index in [4.69, 9.17) is 4.74 Å². The summed E-state index contributed by atoms with van der Waals surface area (Å²) in [5.41, 5.74) is 0. The molecule has 2 fully saturated rings. The summed E-state index contributed by atoms with van der Waals surface area (Å²) in [7, 11) is 2.07. The van der Waals surface area contributed by atoms with Crippen molar-refractivity contribution in [3.8, 4) is 0 Å². The Labute approximate surface area is 169 Å². The van der Waals surface area contributed by atoms with Crippen molar-refractivity contribution >= 4 is 35.8 Å². The Hall–Kier alpha value is -0.570. The molecule has 6 nitrogen and oxygen atoms in total. The molecule has 0 spiro atoms. The van der Waals surface area contributed by atoms with E-state index < -0.39 is 0 Å². The molecule has 2 N–H and O–H groups in total. The molecule has 0 bridgehead atoms. The maximum absolute atomic E-state index is 11.9. The highest BCUT2D eigenvalue weighted by molar-refractivity contribution is 14.0. The summed E-state index contributed by atoms with van der Waals surface area (Å²) >= 11 is 0. The third-order valence-electron chi connectivity index (χ3n) is 4.90. The minimum absolute atomic E-state index is 0. The van der Waals surface area contributed by atoms with Gasteiger partial charge in [0, 0.05) is 45.6 Å². The van der Waals surface area contributed by atoms with Crippen molar-refractivity contribution < 1.29 is 9.53 Å². The lowest BCUT2D eigenvalue weighted by Crippen LogP contribution is -2.42. The Balaban J connectivity index is 0.00000312. The lowest BCUT2D eigenvalue weighted by molar-refractivity contribution is -0.121. The highest BCUT2D eigenvalue weighted by atomic mass is 127. The van der Waals surface area contributed by atoms with E-state index in [2.05, 4.69) is 34.5 Å². The van der Waals surface area contributed by atoms with Gasteiger partial charge in [-0.15, -0.1) is 24.0 Å². The molecule has 1 amide bonds. The fourth-order valence-corrected chi connectivity index (χ4v) is 3.58. The first-order chi connectivity index (χ1) is 11.7. The third kappa shape index (κ3) is 8.57. The van der Waals surface area contributed by atoms with E-state index in [0.29, 0.717) is 31.3 Å². The molecular weight excluding hydrogens is 431 g/mol. The zero-order chi connectivity index (χ0) is 17.2. The maximum Gasteiger partial charge on any atom is 0.220 e. The monoisotopic (exact) mass is 466 g/mol. The van der Waals surface area contributed by atoms with Gasteiger partial charge >= 0.3 is 0 Å². The highest BCUT2D eigenvalue weighted by Gasteiger charge is 2.19. The van der Waals surface area contributed by atoms with Gasteiger partial charge < -0.3 is 20.3 Å². The van der Waals surface area contributed by atoms with Crippen LogP contribution in [0.1, 0.15) is 45.4 Å². The number of hydrogen-bond acceptors (Lipinski definition) is 3. The van der Waals surface area contributed by atoms with E-state index in [1.807, 2.05) is 0 Å². The fourth-order valence-electron chi connectivity index (χ4n) is 3.58. The molecular formula is C18H35IN4O2. The van der Waals surface area contributed by atoms with Gasteiger partial charge in [-0.3, -0.25) is 9.79 Å². The smallest absolute Gasteiger partial charge is 0.220 e. The second kappa shape index (κ2) is 12.7. The minimum Gasteiger partial charge on any atom is -0.381 e. The molecule has 1 saturated heterocycles. The number of nitrogens with zero attached hydrogens (tertiary/aromatic N) is 2. The second-order valence-electron chi connectivity index (χ2n) is 7.05. The van der Waals surface area contributed by atoms with Gasteiger partial charge in [-0.25, -0.2) is 0 Å². The van der Waals surface area contributed by atoms with Gasteiger partial charge in [0.15, 0.2) is 5.96 Å². The molecule has 2 aliphatic rings. The van der Waals surface area contributed by atoms with Gasteiger partial charge in [-0.2, -0.15) is 0 Å². The number of aliphatic imine (C=N–C) groups is 1. The summed E-state index contributed by atoms with van der Waals surface area (Å²) in [6.07, 6.45) is 6.81. The number of carbonyl (C=O) groups excluding carboxylic acids is 1. The number of halogens is 1. The van der Waals surface area contributed by atoms with Crippen LogP contribution in [0.25, 0.3) is 0 Å². The zero-order valence-electron chi connectivity index (χ0n) is 15.8. The molecule has 0 aromatic rings. The Morgan fingerprint density at radius 1 is 1.20 bits per heavy atom. The van der Waals surface area contributed by atoms with Gasteiger partial charge in [-0.1, -0.05) is 12.8 Å².